The fourth-order valence-electron chi connectivity index (χ4n) is 4.68. The Morgan fingerprint density at radius 1 is 0.786 bits per heavy atom. The largest absolute Gasteiger partial charge is 0.423 e. The van der Waals surface area contributed by atoms with Crippen molar-refractivity contribution >= 4 is 18.1 Å². The summed E-state index contributed by atoms with van der Waals surface area (Å²) in [6.07, 6.45) is 4.90. The maximum Gasteiger partial charge on any atom is 0.343 e. The van der Waals surface area contributed by atoms with Gasteiger partial charge in [-0.2, -0.15) is 5.26 Å². The molecule has 5 heteroatoms. The van der Waals surface area contributed by atoms with Crippen molar-refractivity contribution in [3.05, 3.63) is 160 Å². The Bertz CT molecular complexity index is 1730. The van der Waals surface area contributed by atoms with Crippen molar-refractivity contribution < 1.29 is 18.3 Å². The quantitative estimate of drug-likeness (QED) is 0.109. The molecule has 42 heavy (non-hydrogen) atoms. The van der Waals surface area contributed by atoms with Crippen LogP contribution in [0.25, 0.3) is 23.3 Å². The number of nitrogens with zero attached hydrogens (tertiary/aromatic N) is 1. The smallest absolute Gasteiger partial charge is 0.343 e. The lowest BCUT2D eigenvalue weighted by Crippen LogP contribution is -2.09. The van der Waals surface area contributed by atoms with Crippen molar-refractivity contribution in [1.29, 1.82) is 5.26 Å². The maximum atomic E-state index is 13.8. The molecule has 5 aromatic rings. The van der Waals surface area contributed by atoms with E-state index in [1.54, 1.807) is 24.3 Å². The SMILES string of the molecule is C[C@H](Cc1ccc(-c2ccc(C=Cc3ccc(C(=O)Oc4cc(F)c(C#N)c(F)c4)cc3)cc2)cc1)c1ccccc1. The van der Waals surface area contributed by atoms with E-state index in [9.17, 15) is 13.6 Å². The van der Waals surface area contributed by atoms with Gasteiger partial charge in [0.2, 0.25) is 0 Å². The number of rotatable bonds is 8. The second kappa shape index (κ2) is 12.9. The van der Waals surface area contributed by atoms with E-state index in [1.807, 2.05) is 18.2 Å². The normalized spacial score (nSPS) is 11.7. The second-order valence-electron chi connectivity index (χ2n) is 10.1. The number of carbonyl (C=O) groups excluding carboxylic acids is 1. The Morgan fingerprint density at radius 2 is 1.31 bits per heavy atom. The van der Waals surface area contributed by atoms with Crippen LogP contribution in [0.3, 0.4) is 0 Å². The van der Waals surface area contributed by atoms with Gasteiger partial charge >= 0.3 is 5.97 Å². The van der Waals surface area contributed by atoms with Gasteiger partial charge in [-0.05, 0) is 57.9 Å². The van der Waals surface area contributed by atoms with Gasteiger partial charge in [0, 0.05) is 12.1 Å². The lowest BCUT2D eigenvalue weighted by atomic mass is 9.93. The third-order valence-corrected chi connectivity index (χ3v) is 7.06. The number of halogens is 2. The van der Waals surface area contributed by atoms with Gasteiger partial charge in [-0.3, -0.25) is 0 Å². The third kappa shape index (κ3) is 6.86. The summed E-state index contributed by atoms with van der Waals surface area (Å²) in [5, 5.41) is 8.77. The Labute approximate surface area is 244 Å². The summed E-state index contributed by atoms with van der Waals surface area (Å²) in [5.74, 6) is -2.79. The zero-order valence-electron chi connectivity index (χ0n) is 22.9. The first-order valence-electron chi connectivity index (χ1n) is 13.5. The number of nitriles is 1. The molecule has 3 nitrogen and oxygen atoms in total. The summed E-state index contributed by atoms with van der Waals surface area (Å²) in [6, 6.07) is 37.3. The number of ether oxygens (including phenoxy) is 1. The molecular weight excluding hydrogens is 528 g/mol. The average Bonchev–Trinajstić information content (AvgIpc) is 3.01. The Morgan fingerprint density at radius 3 is 1.86 bits per heavy atom. The topological polar surface area (TPSA) is 50.1 Å². The van der Waals surface area contributed by atoms with Gasteiger partial charge in [0.05, 0.1) is 5.56 Å². The van der Waals surface area contributed by atoms with Crippen LogP contribution in [0.4, 0.5) is 8.78 Å². The fourth-order valence-corrected chi connectivity index (χ4v) is 4.68. The molecule has 0 saturated heterocycles. The van der Waals surface area contributed by atoms with E-state index in [0.717, 1.165) is 40.8 Å². The van der Waals surface area contributed by atoms with Gasteiger partial charge in [0.15, 0.2) is 0 Å². The number of benzene rings is 5. The Hall–Kier alpha value is -5.34. The van der Waals surface area contributed by atoms with Gasteiger partial charge in [0.25, 0.3) is 0 Å². The van der Waals surface area contributed by atoms with E-state index in [4.69, 9.17) is 10.00 Å². The first kappa shape index (κ1) is 28.2. The molecule has 0 aromatic heterocycles. The van der Waals surface area contributed by atoms with E-state index in [-0.39, 0.29) is 11.3 Å². The molecule has 0 spiro atoms. The summed E-state index contributed by atoms with van der Waals surface area (Å²) in [4.78, 5) is 12.4. The molecule has 5 aromatic carbocycles. The van der Waals surface area contributed by atoms with Crippen LogP contribution in [0.1, 0.15) is 51.0 Å². The first-order valence-corrected chi connectivity index (χ1v) is 13.5. The predicted molar refractivity (Wildman–Crippen MR) is 162 cm³/mol. The molecule has 0 N–H and O–H groups in total. The van der Waals surface area contributed by atoms with Crippen molar-refractivity contribution in [2.24, 2.45) is 0 Å². The van der Waals surface area contributed by atoms with Crippen LogP contribution >= 0.6 is 0 Å². The van der Waals surface area contributed by atoms with Crippen molar-refractivity contribution in [3.8, 4) is 22.9 Å². The van der Waals surface area contributed by atoms with Gasteiger partial charge < -0.3 is 4.74 Å². The predicted octanol–water partition coefficient (Wildman–Crippen LogP) is 9.24. The summed E-state index contributed by atoms with van der Waals surface area (Å²) in [6.45, 7) is 2.25. The zero-order valence-corrected chi connectivity index (χ0v) is 22.9. The highest BCUT2D eigenvalue weighted by molar-refractivity contribution is 5.91. The molecule has 0 heterocycles. The molecule has 0 aliphatic carbocycles. The van der Waals surface area contributed by atoms with Gasteiger partial charge in [-0.15, -0.1) is 0 Å². The highest BCUT2D eigenvalue weighted by atomic mass is 19.1. The van der Waals surface area contributed by atoms with Crippen LogP contribution in [0.15, 0.2) is 115 Å². The lowest BCUT2D eigenvalue weighted by molar-refractivity contribution is 0.0734. The van der Waals surface area contributed by atoms with E-state index in [0.29, 0.717) is 5.92 Å². The maximum absolute atomic E-state index is 13.8. The minimum atomic E-state index is -1.09. The van der Waals surface area contributed by atoms with E-state index in [1.165, 1.54) is 17.2 Å². The summed E-state index contributed by atoms with van der Waals surface area (Å²) >= 11 is 0. The standard InChI is InChI=1S/C37H27F2NO2/c1-25(29-5-3-2-4-6-29)21-28-13-17-31(18-14-28)30-15-9-26(10-16-30)7-8-27-11-19-32(20-12-27)37(41)42-33-22-35(38)34(24-40)36(39)23-33/h2-20,22-23,25H,21H2,1H3/t25-/m1/s1. The summed E-state index contributed by atoms with van der Waals surface area (Å²) < 4.78 is 32.7. The van der Waals surface area contributed by atoms with Crippen molar-refractivity contribution in [2.45, 2.75) is 19.3 Å². The van der Waals surface area contributed by atoms with Crippen LogP contribution in [0, 0.1) is 23.0 Å². The zero-order chi connectivity index (χ0) is 29.5. The number of carbonyl (C=O) groups is 1. The van der Waals surface area contributed by atoms with E-state index < -0.39 is 23.2 Å². The van der Waals surface area contributed by atoms with Gasteiger partial charge in [0.1, 0.15) is 29.0 Å². The number of hydrogen-bond donors (Lipinski definition) is 0. The van der Waals surface area contributed by atoms with Crippen LogP contribution in [-0.2, 0) is 6.42 Å². The molecule has 206 valence electrons. The van der Waals surface area contributed by atoms with Crippen LogP contribution in [0.5, 0.6) is 5.75 Å². The highest BCUT2D eigenvalue weighted by Gasteiger charge is 2.15. The summed E-state index contributed by atoms with van der Waals surface area (Å²) in [7, 11) is 0. The van der Waals surface area contributed by atoms with Crippen LogP contribution < -0.4 is 4.74 Å². The van der Waals surface area contributed by atoms with Crippen LogP contribution in [-0.4, -0.2) is 5.97 Å². The first-order chi connectivity index (χ1) is 20.4. The molecular formula is C37H27F2NO2. The fraction of sp³-hybridized carbons (Fsp3) is 0.0811. The average molecular weight is 556 g/mol. The Balaban J connectivity index is 1.18. The second-order valence-corrected chi connectivity index (χ2v) is 10.1. The van der Waals surface area contributed by atoms with Crippen molar-refractivity contribution in [1.82, 2.24) is 0 Å². The molecule has 0 saturated carbocycles. The van der Waals surface area contributed by atoms with Crippen molar-refractivity contribution in [3.63, 3.8) is 0 Å². The van der Waals surface area contributed by atoms with Crippen LogP contribution in [0.2, 0.25) is 0 Å². The number of hydrogen-bond acceptors (Lipinski definition) is 3. The molecule has 5 rings (SSSR count). The molecule has 1 atom stereocenters. The van der Waals surface area contributed by atoms with Gasteiger partial charge in [-0.1, -0.05) is 110 Å². The summed E-state index contributed by atoms with van der Waals surface area (Å²) in [5.41, 5.74) is 6.35. The number of esters is 1. The van der Waals surface area contributed by atoms with E-state index >= 15 is 0 Å². The Kier molecular flexibility index (Phi) is 8.65. The van der Waals surface area contributed by atoms with Gasteiger partial charge in [-0.25, -0.2) is 13.6 Å². The lowest BCUT2D eigenvalue weighted by Gasteiger charge is -2.12. The molecule has 0 bridgehead atoms. The molecule has 0 aliphatic rings. The minimum Gasteiger partial charge on any atom is -0.423 e. The molecule has 0 aliphatic heterocycles. The molecule has 0 unspecified atom stereocenters. The highest BCUT2D eigenvalue weighted by Crippen LogP contribution is 2.25. The minimum absolute atomic E-state index is 0.224. The van der Waals surface area contributed by atoms with E-state index in [2.05, 4.69) is 79.7 Å². The van der Waals surface area contributed by atoms with Crippen molar-refractivity contribution in [2.75, 3.05) is 0 Å². The molecule has 0 fully saturated rings. The molecule has 0 amide bonds. The third-order valence-electron chi connectivity index (χ3n) is 7.06. The molecule has 0 radical (unpaired) electrons. The monoisotopic (exact) mass is 555 g/mol.